The zero-order valence-corrected chi connectivity index (χ0v) is 17.6. The van der Waals surface area contributed by atoms with Gasteiger partial charge >= 0.3 is 18.2 Å². The van der Waals surface area contributed by atoms with Crippen LogP contribution in [0.2, 0.25) is 0 Å². The molecule has 0 aromatic heterocycles. The first-order valence-electron chi connectivity index (χ1n) is 9.33. The monoisotopic (exact) mass is 432 g/mol. The molecule has 10 heteroatoms. The number of nitrogens with zero attached hydrogens (tertiary/aromatic N) is 1. The van der Waals surface area contributed by atoms with Crippen LogP contribution in [0.4, 0.5) is 18.0 Å². The van der Waals surface area contributed by atoms with Crippen molar-refractivity contribution >= 4 is 18.0 Å². The van der Waals surface area contributed by atoms with Gasteiger partial charge in [-0.25, -0.2) is 4.79 Å². The smallest absolute Gasteiger partial charge is 0.416 e. The van der Waals surface area contributed by atoms with Crippen LogP contribution in [0.3, 0.4) is 0 Å². The Labute approximate surface area is 173 Å². The van der Waals surface area contributed by atoms with E-state index in [0.717, 1.165) is 17.0 Å². The van der Waals surface area contributed by atoms with Crippen molar-refractivity contribution in [1.29, 1.82) is 0 Å². The van der Waals surface area contributed by atoms with Crippen LogP contribution in [0.15, 0.2) is 24.3 Å². The van der Waals surface area contributed by atoms with E-state index in [1.807, 2.05) is 0 Å². The summed E-state index contributed by atoms with van der Waals surface area (Å²) in [5.41, 5.74) is -1.21. The Kier molecular flexibility index (Phi) is 8.68. The van der Waals surface area contributed by atoms with Gasteiger partial charge in [0.25, 0.3) is 0 Å². The van der Waals surface area contributed by atoms with Gasteiger partial charge < -0.3 is 19.7 Å². The van der Waals surface area contributed by atoms with Crippen LogP contribution in [0.5, 0.6) is 0 Å². The molecule has 0 heterocycles. The van der Waals surface area contributed by atoms with Gasteiger partial charge in [-0.15, -0.1) is 0 Å². The van der Waals surface area contributed by atoms with Crippen LogP contribution in [-0.4, -0.2) is 47.7 Å². The molecule has 1 atom stereocenters. The molecule has 0 aliphatic rings. The lowest BCUT2D eigenvalue weighted by atomic mass is 10.1. The third-order valence-electron chi connectivity index (χ3n) is 3.70. The highest BCUT2D eigenvalue weighted by molar-refractivity contribution is 5.88. The number of carbonyl (C=O) groups is 3. The topological polar surface area (TPSA) is 84.9 Å². The minimum absolute atomic E-state index is 0.104. The third kappa shape index (κ3) is 8.71. The van der Waals surface area contributed by atoms with Crippen LogP contribution in [0.25, 0.3) is 0 Å². The first kappa shape index (κ1) is 25.3. The molecule has 1 aromatic rings. The standard InChI is InChI=1S/C20H27F3N2O5/c1-6-29-16(26)12-25(11-14-7-9-15(10-8-14)20(21,22)23)17(27)13(2)24-18(28)30-19(3,4)5/h7-10,13H,6,11-12H2,1-5H3,(H,24,28). The van der Waals surface area contributed by atoms with Crippen LogP contribution in [-0.2, 0) is 31.8 Å². The molecule has 0 saturated heterocycles. The second kappa shape index (κ2) is 10.3. The fraction of sp³-hybridized carbons (Fsp3) is 0.550. The highest BCUT2D eigenvalue weighted by Crippen LogP contribution is 2.29. The lowest BCUT2D eigenvalue weighted by Crippen LogP contribution is -2.49. The maximum Gasteiger partial charge on any atom is 0.416 e. The number of nitrogens with one attached hydrogen (secondary N) is 1. The molecule has 0 fully saturated rings. The number of ether oxygens (including phenoxy) is 2. The highest BCUT2D eigenvalue weighted by Gasteiger charge is 2.30. The number of halogens is 3. The fourth-order valence-corrected chi connectivity index (χ4v) is 2.41. The number of alkyl carbamates (subject to hydrolysis) is 1. The van der Waals surface area contributed by atoms with Crippen molar-refractivity contribution in [2.45, 2.75) is 59.0 Å². The molecule has 1 unspecified atom stereocenters. The van der Waals surface area contributed by atoms with Crippen molar-refractivity contribution in [3.63, 3.8) is 0 Å². The van der Waals surface area contributed by atoms with E-state index in [-0.39, 0.29) is 13.2 Å². The van der Waals surface area contributed by atoms with E-state index in [9.17, 15) is 27.6 Å². The molecule has 0 radical (unpaired) electrons. The number of esters is 1. The van der Waals surface area contributed by atoms with Crippen molar-refractivity contribution in [3.05, 3.63) is 35.4 Å². The molecule has 2 amide bonds. The molecule has 1 N–H and O–H groups in total. The molecule has 1 aromatic carbocycles. The molecular weight excluding hydrogens is 405 g/mol. The van der Waals surface area contributed by atoms with Crippen molar-refractivity contribution < 1.29 is 37.0 Å². The highest BCUT2D eigenvalue weighted by atomic mass is 19.4. The van der Waals surface area contributed by atoms with Gasteiger partial charge in [-0.1, -0.05) is 12.1 Å². The summed E-state index contributed by atoms with van der Waals surface area (Å²) in [5.74, 6) is -1.30. The predicted molar refractivity (Wildman–Crippen MR) is 102 cm³/mol. The Balaban J connectivity index is 2.94. The number of carbonyl (C=O) groups excluding carboxylic acids is 3. The van der Waals surface area contributed by atoms with Crippen molar-refractivity contribution in [2.75, 3.05) is 13.2 Å². The molecule has 0 aliphatic heterocycles. The van der Waals surface area contributed by atoms with Crippen LogP contribution in [0.1, 0.15) is 45.7 Å². The second-order valence-electron chi connectivity index (χ2n) is 7.56. The molecular formula is C20H27F3N2O5. The predicted octanol–water partition coefficient (Wildman–Crippen LogP) is 3.51. The first-order valence-corrected chi connectivity index (χ1v) is 9.33. The number of rotatable bonds is 7. The summed E-state index contributed by atoms with van der Waals surface area (Å²) < 4.78 is 48.2. The normalized spacial score (nSPS) is 12.7. The molecule has 168 valence electrons. The largest absolute Gasteiger partial charge is 0.465 e. The van der Waals surface area contributed by atoms with E-state index < -0.39 is 47.9 Å². The van der Waals surface area contributed by atoms with Crippen molar-refractivity contribution in [3.8, 4) is 0 Å². The quantitative estimate of drug-likeness (QED) is 0.667. The molecule has 0 spiro atoms. The van der Waals surface area contributed by atoms with E-state index in [4.69, 9.17) is 9.47 Å². The third-order valence-corrected chi connectivity index (χ3v) is 3.70. The summed E-state index contributed by atoms with van der Waals surface area (Å²) in [6.45, 7) is 7.55. The fourth-order valence-electron chi connectivity index (χ4n) is 2.41. The minimum atomic E-state index is -4.48. The zero-order valence-electron chi connectivity index (χ0n) is 17.6. The average molecular weight is 432 g/mol. The van der Waals surface area contributed by atoms with Gasteiger partial charge in [0.15, 0.2) is 0 Å². The van der Waals surface area contributed by atoms with Crippen LogP contribution in [0, 0.1) is 0 Å². The number of alkyl halides is 3. The number of hydrogen-bond acceptors (Lipinski definition) is 5. The van der Waals surface area contributed by atoms with E-state index in [1.165, 1.54) is 19.1 Å². The van der Waals surface area contributed by atoms with E-state index in [0.29, 0.717) is 5.56 Å². The van der Waals surface area contributed by atoms with Crippen molar-refractivity contribution in [1.82, 2.24) is 10.2 Å². The van der Waals surface area contributed by atoms with Gasteiger partial charge in [0.2, 0.25) is 5.91 Å². The first-order chi connectivity index (χ1) is 13.7. The lowest BCUT2D eigenvalue weighted by Gasteiger charge is -2.27. The number of benzene rings is 1. The van der Waals surface area contributed by atoms with Crippen molar-refractivity contribution in [2.24, 2.45) is 0 Å². The maximum absolute atomic E-state index is 12.8. The average Bonchev–Trinajstić information content (AvgIpc) is 2.58. The Hall–Kier alpha value is -2.78. The van der Waals surface area contributed by atoms with Gasteiger partial charge in [0, 0.05) is 6.54 Å². The summed E-state index contributed by atoms with van der Waals surface area (Å²) in [6, 6.07) is 3.19. The van der Waals surface area contributed by atoms with Gasteiger partial charge in [-0.2, -0.15) is 13.2 Å². The molecule has 30 heavy (non-hydrogen) atoms. The van der Waals surface area contributed by atoms with Gasteiger partial charge in [-0.05, 0) is 52.3 Å². The van der Waals surface area contributed by atoms with E-state index in [1.54, 1.807) is 27.7 Å². The summed E-state index contributed by atoms with van der Waals surface area (Å²) in [5, 5.41) is 2.38. The van der Waals surface area contributed by atoms with E-state index in [2.05, 4.69) is 5.32 Å². The van der Waals surface area contributed by atoms with Crippen LogP contribution >= 0.6 is 0 Å². The SMILES string of the molecule is CCOC(=O)CN(Cc1ccc(C(F)(F)F)cc1)C(=O)C(C)NC(=O)OC(C)(C)C. The molecule has 0 aliphatic carbocycles. The van der Waals surface area contributed by atoms with Gasteiger partial charge in [0.05, 0.1) is 12.2 Å². The summed E-state index contributed by atoms with van der Waals surface area (Å²) in [7, 11) is 0. The Morgan fingerprint density at radius 3 is 2.13 bits per heavy atom. The van der Waals surface area contributed by atoms with Gasteiger partial charge in [0.1, 0.15) is 18.2 Å². The van der Waals surface area contributed by atoms with Gasteiger partial charge in [-0.3, -0.25) is 9.59 Å². The Morgan fingerprint density at radius 2 is 1.67 bits per heavy atom. The Bertz CT molecular complexity index is 742. The summed E-state index contributed by atoms with van der Waals surface area (Å²) in [6.07, 6.45) is -5.29. The summed E-state index contributed by atoms with van der Waals surface area (Å²) in [4.78, 5) is 37.7. The van der Waals surface area contributed by atoms with E-state index >= 15 is 0 Å². The lowest BCUT2D eigenvalue weighted by molar-refractivity contribution is -0.149. The number of amides is 2. The molecule has 0 bridgehead atoms. The number of hydrogen-bond donors (Lipinski definition) is 1. The zero-order chi connectivity index (χ0) is 23.1. The minimum Gasteiger partial charge on any atom is -0.465 e. The molecule has 0 saturated carbocycles. The maximum atomic E-state index is 12.8. The Morgan fingerprint density at radius 1 is 1.10 bits per heavy atom. The second-order valence-corrected chi connectivity index (χ2v) is 7.56. The summed E-state index contributed by atoms with van der Waals surface area (Å²) >= 11 is 0. The molecule has 1 rings (SSSR count). The van der Waals surface area contributed by atoms with Crippen LogP contribution < -0.4 is 5.32 Å². The molecule has 7 nitrogen and oxygen atoms in total.